The first kappa shape index (κ1) is 25.4. The molecule has 0 radical (unpaired) electrons. The number of carbonyl (C=O) groups is 2. The second-order valence-electron chi connectivity index (χ2n) is 7.60. The van der Waals surface area contributed by atoms with E-state index in [4.69, 9.17) is 4.74 Å². The Balaban J connectivity index is 1.62. The number of sulfonamides is 1. The molecule has 0 aliphatic carbocycles. The van der Waals surface area contributed by atoms with Crippen molar-refractivity contribution in [3.05, 3.63) is 90.0 Å². The van der Waals surface area contributed by atoms with Crippen LogP contribution in [0.15, 0.2) is 84.0 Å². The molecule has 0 saturated carbocycles. The summed E-state index contributed by atoms with van der Waals surface area (Å²) >= 11 is 0. The molecular weight excluding hydrogens is 468 g/mol. The minimum Gasteiger partial charge on any atom is -0.497 e. The highest BCUT2D eigenvalue weighted by Gasteiger charge is 2.21. The summed E-state index contributed by atoms with van der Waals surface area (Å²) in [5.74, 6) is -0.252. The van der Waals surface area contributed by atoms with Gasteiger partial charge in [0.25, 0.3) is 11.8 Å². The van der Waals surface area contributed by atoms with Gasteiger partial charge in [-0.1, -0.05) is 30.3 Å². The summed E-state index contributed by atoms with van der Waals surface area (Å²) < 4.78 is 30.5. The van der Waals surface area contributed by atoms with E-state index in [1.54, 1.807) is 79.7 Å². The lowest BCUT2D eigenvalue weighted by Gasteiger charge is -2.21. The zero-order valence-electron chi connectivity index (χ0n) is 19.6. The van der Waals surface area contributed by atoms with E-state index in [0.717, 1.165) is 16.1 Å². The number of carbonyl (C=O) groups excluding carboxylic acids is 2. The van der Waals surface area contributed by atoms with Crippen molar-refractivity contribution in [1.29, 1.82) is 0 Å². The van der Waals surface area contributed by atoms with Crippen LogP contribution >= 0.6 is 0 Å². The van der Waals surface area contributed by atoms with Crippen molar-refractivity contribution < 1.29 is 22.7 Å². The van der Waals surface area contributed by atoms with Crippen LogP contribution in [0.4, 0.5) is 11.4 Å². The normalized spacial score (nSPS) is 11.5. The molecule has 182 valence electrons. The highest BCUT2D eigenvalue weighted by atomic mass is 32.2. The molecule has 2 amide bonds. The van der Waals surface area contributed by atoms with E-state index in [2.05, 4.69) is 15.8 Å². The second-order valence-corrected chi connectivity index (χ2v) is 9.50. The summed E-state index contributed by atoms with van der Waals surface area (Å²) in [6.07, 6.45) is 1.02. The van der Waals surface area contributed by atoms with Crippen LogP contribution in [-0.4, -0.2) is 45.9 Å². The van der Waals surface area contributed by atoms with E-state index in [9.17, 15) is 18.0 Å². The van der Waals surface area contributed by atoms with Crippen LogP contribution in [0.1, 0.15) is 22.8 Å². The molecule has 0 bridgehead atoms. The molecule has 3 rings (SSSR count). The molecule has 0 aliphatic rings. The summed E-state index contributed by atoms with van der Waals surface area (Å²) in [7, 11) is -2.20. The molecule has 0 spiro atoms. The number of methoxy groups -OCH3 is 1. The maximum Gasteiger partial charge on any atom is 0.260 e. The van der Waals surface area contributed by atoms with Crippen molar-refractivity contribution in [2.75, 3.05) is 29.5 Å². The van der Waals surface area contributed by atoms with Gasteiger partial charge in [-0.2, -0.15) is 5.10 Å². The second kappa shape index (κ2) is 11.3. The summed E-state index contributed by atoms with van der Waals surface area (Å²) in [5.41, 5.74) is 5.12. The molecule has 2 N–H and O–H groups in total. The standard InChI is InChI=1S/C25H26N4O5S/c1-18(19-9-11-21(12-10-19)26-25(31)20-7-5-4-6-8-20)27-28-24(30)17-29(35(3,32)33)22-13-15-23(34-2)16-14-22/h4-16H,17H2,1-3H3,(H,26,31)(H,28,30)/b27-18-. The SMILES string of the molecule is COc1ccc(N(CC(=O)N/N=C(/C)c2ccc(NC(=O)c3ccccc3)cc2)S(C)(=O)=O)cc1. The van der Waals surface area contributed by atoms with Crippen LogP contribution in [0, 0.1) is 0 Å². The molecule has 9 nitrogen and oxygen atoms in total. The zero-order chi connectivity index (χ0) is 25.4. The summed E-state index contributed by atoms with van der Waals surface area (Å²) in [6, 6.07) is 22.2. The molecule has 0 aromatic heterocycles. The highest BCUT2D eigenvalue weighted by Crippen LogP contribution is 2.21. The Morgan fingerprint density at radius 2 is 1.54 bits per heavy atom. The van der Waals surface area contributed by atoms with Crippen LogP contribution in [0.25, 0.3) is 0 Å². The van der Waals surface area contributed by atoms with E-state index >= 15 is 0 Å². The Hall–Kier alpha value is -4.18. The number of nitrogens with one attached hydrogen (secondary N) is 2. The molecule has 0 aliphatic heterocycles. The van der Waals surface area contributed by atoms with Crippen molar-refractivity contribution >= 4 is 38.9 Å². The lowest BCUT2D eigenvalue weighted by molar-refractivity contribution is -0.119. The topological polar surface area (TPSA) is 117 Å². The van der Waals surface area contributed by atoms with Gasteiger partial charge >= 0.3 is 0 Å². The van der Waals surface area contributed by atoms with Gasteiger partial charge in [0.05, 0.1) is 24.8 Å². The monoisotopic (exact) mass is 494 g/mol. The van der Waals surface area contributed by atoms with Crippen LogP contribution in [0.3, 0.4) is 0 Å². The van der Waals surface area contributed by atoms with E-state index in [-0.39, 0.29) is 5.91 Å². The number of amides is 2. The molecule has 0 heterocycles. The van der Waals surface area contributed by atoms with Crippen molar-refractivity contribution in [1.82, 2.24) is 5.43 Å². The van der Waals surface area contributed by atoms with Crippen molar-refractivity contribution in [2.24, 2.45) is 5.10 Å². The van der Waals surface area contributed by atoms with E-state index in [0.29, 0.717) is 28.4 Å². The first-order valence-corrected chi connectivity index (χ1v) is 12.4. The highest BCUT2D eigenvalue weighted by molar-refractivity contribution is 7.92. The fourth-order valence-corrected chi connectivity index (χ4v) is 3.97. The molecule has 3 aromatic carbocycles. The fourth-order valence-electron chi connectivity index (χ4n) is 3.11. The number of ether oxygens (including phenoxy) is 1. The van der Waals surface area contributed by atoms with Crippen LogP contribution in [-0.2, 0) is 14.8 Å². The van der Waals surface area contributed by atoms with Crippen LogP contribution in [0.5, 0.6) is 5.75 Å². The first-order chi connectivity index (χ1) is 16.7. The summed E-state index contributed by atoms with van der Waals surface area (Å²) in [6.45, 7) is 1.27. The molecule has 35 heavy (non-hydrogen) atoms. The predicted octanol–water partition coefficient (Wildman–Crippen LogP) is 3.25. The molecule has 0 unspecified atom stereocenters. The number of hydrogen-bond donors (Lipinski definition) is 2. The molecule has 0 saturated heterocycles. The third kappa shape index (κ3) is 7.15. The van der Waals surface area contributed by atoms with Gasteiger partial charge in [-0.15, -0.1) is 0 Å². The number of anilines is 2. The molecule has 0 fully saturated rings. The summed E-state index contributed by atoms with van der Waals surface area (Å²) in [4.78, 5) is 24.7. The smallest absolute Gasteiger partial charge is 0.260 e. The Kier molecular flexibility index (Phi) is 8.21. The lowest BCUT2D eigenvalue weighted by Crippen LogP contribution is -2.39. The third-order valence-corrected chi connectivity index (χ3v) is 6.13. The predicted molar refractivity (Wildman–Crippen MR) is 136 cm³/mol. The Labute approximate surface area is 204 Å². The molecule has 10 heteroatoms. The Bertz CT molecular complexity index is 1310. The molecule has 0 atom stereocenters. The molecular formula is C25H26N4O5S. The van der Waals surface area contributed by atoms with E-state index < -0.39 is 22.5 Å². The van der Waals surface area contributed by atoms with E-state index in [1.165, 1.54) is 7.11 Å². The van der Waals surface area contributed by atoms with Gasteiger partial charge in [0.2, 0.25) is 10.0 Å². The van der Waals surface area contributed by atoms with Gasteiger partial charge < -0.3 is 10.1 Å². The number of nitrogens with zero attached hydrogens (tertiary/aromatic N) is 2. The Morgan fingerprint density at radius 3 is 2.11 bits per heavy atom. The van der Waals surface area contributed by atoms with Gasteiger partial charge in [-0.05, 0) is 61.0 Å². The largest absolute Gasteiger partial charge is 0.497 e. The average Bonchev–Trinajstić information content (AvgIpc) is 2.86. The first-order valence-electron chi connectivity index (χ1n) is 10.6. The summed E-state index contributed by atoms with van der Waals surface area (Å²) in [5, 5.41) is 6.89. The van der Waals surface area contributed by atoms with E-state index in [1.807, 2.05) is 6.07 Å². The van der Waals surface area contributed by atoms with Crippen LogP contribution in [0.2, 0.25) is 0 Å². The Morgan fingerprint density at radius 1 is 0.914 bits per heavy atom. The third-order valence-electron chi connectivity index (χ3n) is 4.99. The van der Waals surface area contributed by atoms with Crippen LogP contribution < -0.4 is 19.8 Å². The lowest BCUT2D eigenvalue weighted by atomic mass is 10.1. The quantitative estimate of drug-likeness (QED) is 0.350. The average molecular weight is 495 g/mol. The minimum atomic E-state index is -3.71. The maximum absolute atomic E-state index is 12.4. The minimum absolute atomic E-state index is 0.219. The fraction of sp³-hybridized carbons (Fsp3) is 0.160. The number of hydrogen-bond acceptors (Lipinski definition) is 6. The van der Waals surface area contributed by atoms with Crippen molar-refractivity contribution in [3.8, 4) is 5.75 Å². The number of benzene rings is 3. The maximum atomic E-state index is 12.4. The van der Waals surface area contributed by atoms with Crippen molar-refractivity contribution in [2.45, 2.75) is 6.92 Å². The van der Waals surface area contributed by atoms with Gasteiger partial charge in [0, 0.05) is 11.3 Å². The number of rotatable bonds is 9. The van der Waals surface area contributed by atoms with Crippen molar-refractivity contribution in [3.63, 3.8) is 0 Å². The molecule has 3 aromatic rings. The van der Waals surface area contributed by atoms with Gasteiger partial charge in [0.1, 0.15) is 12.3 Å². The number of hydrazone groups is 1. The van der Waals surface area contributed by atoms with Gasteiger partial charge in [-0.25, -0.2) is 13.8 Å². The van der Waals surface area contributed by atoms with Gasteiger partial charge in [-0.3, -0.25) is 13.9 Å². The van der Waals surface area contributed by atoms with Gasteiger partial charge in [0.15, 0.2) is 0 Å². The zero-order valence-corrected chi connectivity index (χ0v) is 20.4.